The van der Waals surface area contributed by atoms with Gasteiger partial charge >= 0.3 is 0 Å². The molecule has 1 aromatic rings. The third-order valence-electron chi connectivity index (χ3n) is 4.56. The number of fused-ring (bicyclic) bond motifs is 1. The quantitative estimate of drug-likeness (QED) is 0.845. The first-order valence-electron chi connectivity index (χ1n) is 7.15. The van der Waals surface area contributed by atoms with E-state index in [4.69, 9.17) is 9.47 Å². The zero-order valence-electron chi connectivity index (χ0n) is 11.7. The average molecular weight is 262 g/mol. The predicted octanol–water partition coefficient (Wildman–Crippen LogP) is 3.14. The number of hydrogen-bond donors (Lipinski definition) is 1. The van der Waals surface area contributed by atoms with Gasteiger partial charge in [-0.25, -0.2) is 0 Å². The Hall–Kier alpha value is -1.06. The molecule has 0 aromatic heterocycles. The van der Waals surface area contributed by atoms with Crippen LogP contribution in [0.15, 0.2) is 18.2 Å². The highest BCUT2D eigenvalue weighted by Crippen LogP contribution is 2.47. The van der Waals surface area contributed by atoms with Crippen molar-refractivity contribution >= 4 is 0 Å². The lowest BCUT2D eigenvalue weighted by atomic mass is 9.75. The number of ether oxygens (including phenoxy) is 2. The molecule has 19 heavy (non-hydrogen) atoms. The number of rotatable bonds is 1. The van der Waals surface area contributed by atoms with Crippen LogP contribution in [0.4, 0.5) is 0 Å². The van der Waals surface area contributed by atoms with Crippen LogP contribution >= 0.6 is 0 Å². The maximum Gasteiger partial charge on any atom is 0.138 e. The van der Waals surface area contributed by atoms with Gasteiger partial charge in [-0.05, 0) is 38.3 Å². The molecule has 1 spiro atoms. The maximum absolute atomic E-state index is 10.5. The number of hydrogen-bond acceptors (Lipinski definition) is 3. The zero-order valence-corrected chi connectivity index (χ0v) is 11.7. The molecule has 1 heterocycles. The van der Waals surface area contributed by atoms with E-state index in [0.29, 0.717) is 6.42 Å². The third kappa shape index (κ3) is 2.15. The molecule has 0 saturated heterocycles. The highest BCUT2D eigenvalue weighted by Gasteiger charge is 2.48. The first kappa shape index (κ1) is 12.9. The molecule has 3 rings (SSSR count). The van der Waals surface area contributed by atoms with Crippen LogP contribution in [0.5, 0.6) is 5.75 Å². The smallest absolute Gasteiger partial charge is 0.138 e. The standard InChI is InChI=1S/C16H22O3/c1-11-6-7-14-12(9-11)13(17)10-16(19-14)8-4-3-5-15(16)18-2/h6-7,9,13,15,17H,3-5,8,10H2,1-2H3/t13-,15?,16?/m1/s1. The fourth-order valence-corrected chi connectivity index (χ4v) is 3.58. The molecule has 0 radical (unpaired) electrons. The van der Waals surface area contributed by atoms with Crippen LogP contribution in [0.2, 0.25) is 0 Å². The fraction of sp³-hybridized carbons (Fsp3) is 0.625. The SMILES string of the molecule is COC1CCCCC12C[C@@H](O)c1cc(C)ccc1O2. The Kier molecular flexibility index (Phi) is 3.27. The first-order valence-corrected chi connectivity index (χ1v) is 7.15. The summed E-state index contributed by atoms with van der Waals surface area (Å²) >= 11 is 0. The summed E-state index contributed by atoms with van der Waals surface area (Å²) in [5, 5.41) is 10.5. The summed E-state index contributed by atoms with van der Waals surface area (Å²) in [6.07, 6.45) is 4.60. The van der Waals surface area contributed by atoms with Gasteiger partial charge in [-0.3, -0.25) is 0 Å². The van der Waals surface area contributed by atoms with Gasteiger partial charge in [0.05, 0.1) is 12.2 Å². The van der Waals surface area contributed by atoms with Gasteiger partial charge in [0.25, 0.3) is 0 Å². The third-order valence-corrected chi connectivity index (χ3v) is 4.56. The van der Waals surface area contributed by atoms with Crippen LogP contribution in [0.1, 0.15) is 49.3 Å². The molecule has 2 aliphatic rings. The molecule has 3 atom stereocenters. The van der Waals surface area contributed by atoms with Crippen LogP contribution < -0.4 is 4.74 Å². The number of aliphatic hydroxyl groups is 1. The van der Waals surface area contributed by atoms with E-state index >= 15 is 0 Å². The van der Waals surface area contributed by atoms with Crippen molar-refractivity contribution in [2.45, 2.75) is 56.8 Å². The van der Waals surface area contributed by atoms with E-state index in [-0.39, 0.29) is 11.7 Å². The van der Waals surface area contributed by atoms with Crippen LogP contribution in [-0.4, -0.2) is 23.9 Å². The minimum atomic E-state index is -0.445. The Morgan fingerprint density at radius 3 is 3.00 bits per heavy atom. The lowest BCUT2D eigenvalue weighted by Gasteiger charge is -2.47. The van der Waals surface area contributed by atoms with E-state index in [9.17, 15) is 5.11 Å². The van der Waals surface area contributed by atoms with Gasteiger partial charge in [0, 0.05) is 19.1 Å². The van der Waals surface area contributed by atoms with Crippen molar-refractivity contribution in [3.05, 3.63) is 29.3 Å². The van der Waals surface area contributed by atoms with Gasteiger partial charge < -0.3 is 14.6 Å². The summed E-state index contributed by atoms with van der Waals surface area (Å²) in [4.78, 5) is 0. The molecule has 1 aliphatic heterocycles. The Morgan fingerprint density at radius 1 is 1.37 bits per heavy atom. The topological polar surface area (TPSA) is 38.7 Å². The second-order valence-corrected chi connectivity index (χ2v) is 5.90. The van der Waals surface area contributed by atoms with Crippen molar-refractivity contribution in [1.29, 1.82) is 0 Å². The van der Waals surface area contributed by atoms with Gasteiger partial charge in [0.15, 0.2) is 0 Å². The summed E-state index contributed by atoms with van der Waals surface area (Å²) in [6, 6.07) is 6.04. The Morgan fingerprint density at radius 2 is 2.21 bits per heavy atom. The molecular formula is C16H22O3. The van der Waals surface area contributed by atoms with Gasteiger partial charge in [0.1, 0.15) is 11.4 Å². The van der Waals surface area contributed by atoms with Crippen LogP contribution in [-0.2, 0) is 4.74 Å². The summed E-state index contributed by atoms with van der Waals surface area (Å²) in [5.74, 6) is 0.827. The van der Waals surface area contributed by atoms with Gasteiger partial charge in [-0.15, -0.1) is 0 Å². The van der Waals surface area contributed by atoms with E-state index in [1.54, 1.807) is 7.11 Å². The van der Waals surface area contributed by atoms with Crippen LogP contribution in [0, 0.1) is 6.92 Å². The van der Waals surface area contributed by atoms with E-state index in [1.807, 2.05) is 25.1 Å². The zero-order chi connectivity index (χ0) is 13.5. The summed E-state index contributed by atoms with van der Waals surface area (Å²) in [6.45, 7) is 2.04. The van der Waals surface area contributed by atoms with Crippen molar-refractivity contribution in [3.63, 3.8) is 0 Å². The normalized spacial score (nSPS) is 33.8. The molecule has 1 N–H and O–H groups in total. The van der Waals surface area contributed by atoms with E-state index in [2.05, 4.69) is 0 Å². The molecule has 0 amide bonds. The molecule has 1 saturated carbocycles. The Bertz CT molecular complexity index is 471. The number of aliphatic hydroxyl groups excluding tert-OH is 1. The summed E-state index contributed by atoms with van der Waals surface area (Å²) in [7, 11) is 1.75. The van der Waals surface area contributed by atoms with E-state index in [1.165, 1.54) is 6.42 Å². The Labute approximate surface area is 114 Å². The fourth-order valence-electron chi connectivity index (χ4n) is 3.58. The molecule has 1 fully saturated rings. The van der Waals surface area contributed by atoms with Crippen LogP contribution in [0.25, 0.3) is 0 Å². The van der Waals surface area contributed by atoms with Crippen molar-refractivity contribution in [3.8, 4) is 5.75 Å². The van der Waals surface area contributed by atoms with E-state index in [0.717, 1.165) is 36.1 Å². The van der Waals surface area contributed by atoms with Crippen molar-refractivity contribution in [2.75, 3.05) is 7.11 Å². The highest BCUT2D eigenvalue weighted by molar-refractivity contribution is 5.41. The highest BCUT2D eigenvalue weighted by atomic mass is 16.5. The lowest BCUT2D eigenvalue weighted by molar-refractivity contribution is -0.130. The molecule has 3 nitrogen and oxygen atoms in total. The summed E-state index contributed by atoms with van der Waals surface area (Å²) < 4.78 is 11.9. The Balaban J connectivity index is 1.97. The van der Waals surface area contributed by atoms with Crippen molar-refractivity contribution < 1.29 is 14.6 Å². The minimum Gasteiger partial charge on any atom is -0.484 e. The molecule has 0 bridgehead atoms. The van der Waals surface area contributed by atoms with Gasteiger partial charge in [0.2, 0.25) is 0 Å². The number of methoxy groups -OCH3 is 1. The van der Waals surface area contributed by atoms with Crippen LogP contribution in [0.3, 0.4) is 0 Å². The van der Waals surface area contributed by atoms with Gasteiger partial charge in [-0.2, -0.15) is 0 Å². The number of aryl methyl sites for hydroxylation is 1. The molecule has 1 aliphatic carbocycles. The minimum absolute atomic E-state index is 0.0883. The largest absolute Gasteiger partial charge is 0.484 e. The summed E-state index contributed by atoms with van der Waals surface area (Å²) in [5.41, 5.74) is 1.74. The first-order chi connectivity index (χ1) is 9.14. The molecule has 2 unspecified atom stereocenters. The van der Waals surface area contributed by atoms with Crippen molar-refractivity contribution in [1.82, 2.24) is 0 Å². The number of benzene rings is 1. The second-order valence-electron chi connectivity index (χ2n) is 5.90. The monoisotopic (exact) mass is 262 g/mol. The molecule has 104 valence electrons. The molecule has 1 aromatic carbocycles. The maximum atomic E-state index is 10.5. The van der Waals surface area contributed by atoms with Crippen molar-refractivity contribution in [2.24, 2.45) is 0 Å². The lowest BCUT2D eigenvalue weighted by Crippen LogP contribution is -2.53. The molecular weight excluding hydrogens is 240 g/mol. The van der Waals surface area contributed by atoms with Gasteiger partial charge in [-0.1, -0.05) is 18.1 Å². The average Bonchev–Trinajstić information content (AvgIpc) is 2.40. The molecule has 3 heteroatoms. The predicted molar refractivity (Wildman–Crippen MR) is 73.4 cm³/mol. The second kappa shape index (κ2) is 4.80. The van der Waals surface area contributed by atoms with E-state index < -0.39 is 6.10 Å².